The van der Waals surface area contributed by atoms with Gasteiger partial charge in [-0.1, -0.05) is 26.0 Å². The molecule has 10 heteroatoms. The van der Waals surface area contributed by atoms with Gasteiger partial charge in [-0.2, -0.15) is 0 Å². The number of Topliss-reactive ketones (excluding diaryl/α,β-unsaturated/α-hetero) is 1. The second kappa shape index (κ2) is 10.2. The van der Waals surface area contributed by atoms with Crippen LogP contribution in [0.5, 0.6) is 0 Å². The number of hydrogen-bond acceptors (Lipinski definition) is 8. The SMILES string of the molecule is CCN(CC)CCCN1C(=O)C(O)=C(C(=O)c2sc(C)nc2C)C1c1ccccc1[N+](=O)[O-]. The molecule has 1 amide bonds. The minimum Gasteiger partial charge on any atom is -0.503 e. The Balaban J connectivity index is 2.07. The minimum atomic E-state index is -1.05. The van der Waals surface area contributed by atoms with Crippen molar-refractivity contribution in [2.45, 2.75) is 40.2 Å². The number of aromatic nitrogens is 1. The number of nitro benzene ring substituents is 1. The maximum atomic E-state index is 13.5. The Morgan fingerprint density at radius 1 is 1.27 bits per heavy atom. The fourth-order valence-corrected chi connectivity index (χ4v) is 5.07. The topological polar surface area (TPSA) is 117 Å². The molecule has 1 aromatic carbocycles. The second-order valence-electron chi connectivity index (χ2n) is 7.84. The third-order valence-corrected chi connectivity index (χ3v) is 6.93. The summed E-state index contributed by atoms with van der Waals surface area (Å²) in [6.45, 7) is 10.2. The molecule has 1 aromatic heterocycles. The molecule has 1 aliphatic rings. The molecule has 33 heavy (non-hydrogen) atoms. The Hall–Kier alpha value is -3.11. The fourth-order valence-electron chi connectivity index (χ4n) is 4.19. The number of aliphatic hydroxyl groups is 1. The normalized spacial score (nSPS) is 16.2. The number of benzene rings is 1. The smallest absolute Gasteiger partial charge is 0.290 e. The largest absolute Gasteiger partial charge is 0.503 e. The molecule has 0 fully saturated rings. The summed E-state index contributed by atoms with van der Waals surface area (Å²) in [5, 5.41) is 23.2. The Kier molecular flexibility index (Phi) is 7.60. The minimum absolute atomic E-state index is 0.135. The van der Waals surface area contributed by atoms with E-state index in [0.29, 0.717) is 22.0 Å². The molecule has 1 unspecified atom stereocenters. The van der Waals surface area contributed by atoms with Crippen LogP contribution in [0.1, 0.15) is 52.2 Å². The van der Waals surface area contributed by atoms with Gasteiger partial charge in [-0.05, 0) is 46.0 Å². The molecule has 1 atom stereocenters. The van der Waals surface area contributed by atoms with Crippen LogP contribution in [0.4, 0.5) is 5.69 Å². The quantitative estimate of drug-likeness (QED) is 0.316. The third-order valence-electron chi connectivity index (χ3n) is 5.85. The van der Waals surface area contributed by atoms with Crippen LogP contribution >= 0.6 is 11.3 Å². The maximum Gasteiger partial charge on any atom is 0.290 e. The van der Waals surface area contributed by atoms with Crippen LogP contribution in [-0.2, 0) is 4.79 Å². The zero-order valence-corrected chi connectivity index (χ0v) is 20.0. The molecule has 3 rings (SSSR count). The molecule has 0 radical (unpaired) electrons. The molecule has 0 bridgehead atoms. The zero-order chi connectivity index (χ0) is 24.3. The monoisotopic (exact) mass is 472 g/mol. The van der Waals surface area contributed by atoms with Gasteiger partial charge in [-0.25, -0.2) is 4.98 Å². The lowest BCUT2D eigenvalue weighted by Crippen LogP contribution is -2.34. The molecule has 0 aliphatic carbocycles. The molecule has 2 aromatic rings. The van der Waals surface area contributed by atoms with Gasteiger partial charge in [0.05, 0.1) is 37.7 Å². The van der Waals surface area contributed by atoms with Crippen LogP contribution in [0.15, 0.2) is 35.6 Å². The van der Waals surface area contributed by atoms with Gasteiger partial charge in [0, 0.05) is 12.6 Å². The van der Waals surface area contributed by atoms with E-state index in [1.165, 1.54) is 34.4 Å². The molecule has 176 valence electrons. The summed E-state index contributed by atoms with van der Waals surface area (Å²) in [7, 11) is 0. The van der Waals surface area contributed by atoms with Gasteiger partial charge in [0.2, 0.25) is 5.78 Å². The number of hydrogen-bond donors (Lipinski definition) is 1. The number of carbonyl (C=O) groups is 2. The van der Waals surface area contributed by atoms with Crippen LogP contribution < -0.4 is 0 Å². The summed E-state index contributed by atoms with van der Waals surface area (Å²) in [6.07, 6.45) is 0.595. The Morgan fingerprint density at radius 2 is 1.94 bits per heavy atom. The molecule has 0 saturated heterocycles. The summed E-state index contributed by atoms with van der Waals surface area (Å²) in [5.74, 6) is -1.88. The van der Waals surface area contributed by atoms with Crippen molar-refractivity contribution in [3.05, 3.63) is 66.9 Å². The van der Waals surface area contributed by atoms with E-state index in [4.69, 9.17) is 0 Å². The van der Waals surface area contributed by atoms with Crippen LogP contribution in [0.2, 0.25) is 0 Å². The number of thiazole rings is 1. The van der Waals surface area contributed by atoms with Gasteiger partial charge >= 0.3 is 0 Å². The van der Waals surface area contributed by atoms with Gasteiger partial charge in [-0.3, -0.25) is 19.7 Å². The average Bonchev–Trinajstić information content (AvgIpc) is 3.26. The van der Waals surface area contributed by atoms with Crippen molar-refractivity contribution in [1.29, 1.82) is 0 Å². The Bertz CT molecular complexity index is 1110. The lowest BCUT2D eigenvalue weighted by Gasteiger charge is -2.27. The highest BCUT2D eigenvalue weighted by molar-refractivity contribution is 7.14. The highest BCUT2D eigenvalue weighted by Gasteiger charge is 2.46. The number of para-hydroxylation sites is 1. The van der Waals surface area contributed by atoms with E-state index in [9.17, 15) is 24.8 Å². The standard InChI is InChI=1S/C23H28N4O5S/c1-5-25(6-2)12-9-13-26-19(16-10-7-8-11-17(16)27(31)32)18(21(29)23(26)30)20(28)22-14(3)24-15(4)33-22/h7-8,10-11,19,29H,5-6,9,12-13H2,1-4H3. The predicted molar refractivity (Wildman–Crippen MR) is 126 cm³/mol. The number of aryl methyl sites for hydroxylation is 2. The number of ketones is 1. The summed E-state index contributed by atoms with van der Waals surface area (Å²) in [5.41, 5.74) is 0.353. The summed E-state index contributed by atoms with van der Waals surface area (Å²) in [4.78, 5) is 46.0. The molecular weight excluding hydrogens is 444 g/mol. The van der Waals surface area contributed by atoms with E-state index in [-0.39, 0.29) is 23.4 Å². The van der Waals surface area contributed by atoms with E-state index in [1.54, 1.807) is 19.9 Å². The number of rotatable bonds is 10. The van der Waals surface area contributed by atoms with Crippen LogP contribution in [0.3, 0.4) is 0 Å². The first-order chi connectivity index (χ1) is 15.7. The summed E-state index contributed by atoms with van der Waals surface area (Å²) in [6, 6.07) is 4.98. The Labute approximate surface area is 196 Å². The number of carbonyl (C=O) groups excluding carboxylic acids is 2. The number of aliphatic hydroxyl groups excluding tert-OH is 1. The van der Waals surface area contributed by atoms with E-state index < -0.39 is 28.4 Å². The van der Waals surface area contributed by atoms with Crippen molar-refractivity contribution in [2.24, 2.45) is 0 Å². The van der Waals surface area contributed by atoms with E-state index in [2.05, 4.69) is 9.88 Å². The first-order valence-electron chi connectivity index (χ1n) is 10.9. The van der Waals surface area contributed by atoms with Crippen LogP contribution in [-0.4, -0.2) is 62.7 Å². The molecule has 0 spiro atoms. The molecule has 0 saturated carbocycles. The van der Waals surface area contributed by atoms with Crippen molar-refractivity contribution in [3.8, 4) is 0 Å². The molecule has 1 aliphatic heterocycles. The lowest BCUT2D eigenvalue weighted by atomic mass is 9.93. The maximum absolute atomic E-state index is 13.5. The van der Waals surface area contributed by atoms with Crippen molar-refractivity contribution in [3.63, 3.8) is 0 Å². The highest BCUT2D eigenvalue weighted by Crippen LogP contribution is 2.43. The van der Waals surface area contributed by atoms with Crippen LogP contribution in [0, 0.1) is 24.0 Å². The van der Waals surface area contributed by atoms with E-state index in [0.717, 1.165) is 19.6 Å². The second-order valence-corrected chi connectivity index (χ2v) is 9.04. The fraction of sp³-hybridized carbons (Fsp3) is 0.435. The Morgan fingerprint density at radius 3 is 2.52 bits per heavy atom. The first-order valence-corrected chi connectivity index (χ1v) is 11.7. The lowest BCUT2D eigenvalue weighted by molar-refractivity contribution is -0.385. The van der Waals surface area contributed by atoms with Crippen LogP contribution in [0.25, 0.3) is 0 Å². The predicted octanol–water partition coefficient (Wildman–Crippen LogP) is 3.98. The van der Waals surface area contributed by atoms with E-state index >= 15 is 0 Å². The molecule has 1 N–H and O–H groups in total. The van der Waals surface area contributed by atoms with Gasteiger partial charge in [0.25, 0.3) is 11.6 Å². The highest BCUT2D eigenvalue weighted by atomic mass is 32.1. The van der Waals surface area contributed by atoms with Gasteiger partial charge in [-0.15, -0.1) is 11.3 Å². The number of nitrogens with zero attached hydrogens (tertiary/aromatic N) is 4. The molecular formula is C23H28N4O5S. The van der Waals surface area contributed by atoms with E-state index in [1.807, 2.05) is 13.8 Å². The number of amides is 1. The molecule has 2 heterocycles. The van der Waals surface area contributed by atoms with Crippen molar-refractivity contribution in [2.75, 3.05) is 26.2 Å². The van der Waals surface area contributed by atoms with Crippen molar-refractivity contribution >= 4 is 28.7 Å². The van der Waals surface area contributed by atoms with Gasteiger partial charge in [0.15, 0.2) is 5.76 Å². The van der Waals surface area contributed by atoms with Gasteiger partial charge < -0.3 is 14.9 Å². The zero-order valence-electron chi connectivity index (χ0n) is 19.2. The van der Waals surface area contributed by atoms with Gasteiger partial charge in [0.1, 0.15) is 0 Å². The number of nitro groups is 1. The summed E-state index contributed by atoms with van der Waals surface area (Å²) >= 11 is 1.17. The van der Waals surface area contributed by atoms with Crippen molar-refractivity contribution < 1.29 is 19.6 Å². The summed E-state index contributed by atoms with van der Waals surface area (Å²) < 4.78 is 0. The third kappa shape index (κ3) is 4.81. The first kappa shape index (κ1) is 24.5. The van der Waals surface area contributed by atoms with Crippen molar-refractivity contribution in [1.82, 2.24) is 14.8 Å². The molecule has 9 nitrogen and oxygen atoms in total. The average molecular weight is 473 g/mol.